The number of hydrogen-bond donors (Lipinski definition) is 2. The summed E-state index contributed by atoms with van der Waals surface area (Å²) in [6.45, 7) is 9.88. The molecule has 3 aromatic rings. The van der Waals surface area contributed by atoms with E-state index in [0.717, 1.165) is 69.0 Å². The Morgan fingerprint density at radius 3 is 2.61 bits per heavy atom. The van der Waals surface area contributed by atoms with Crippen LogP contribution in [0.1, 0.15) is 41.1 Å². The largest absolute Gasteiger partial charge is 0.494 e. The van der Waals surface area contributed by atoms with Gasteiger partial charge in [0, 0.05) is 55.5 Å². The number of nitrogens with one attached hydrogen (secondary N) is 2. The van der Waals surface area contributed by atoms with Crippen LogP contribution in [0.2, 0.25) is 0 Å². The van der Waals surface area contributed by atoms with Gasteiger partial charge in [-0.15, -0.1) is 0 Å². The van der Waals surface area contributed by atoms with E-state index in [0.29, 0.717) is 16.5 Å². The molecule has 10 nitrogen and oxygen atoms in total. The van der Waals surface area contributed by atoms with Crippen molar-refractivity contribution in [2.75, 3.05) is 55.8 Å². The number of nitrogens with zero attached hydrogens (tertiary/aromatic N) is 4. The fourth-order valence-electron chi connectivity index (χ4n) is 5.81. The summed E-state index contributed by atoms with van der Waals surface area (Å²) in [5.74, 6) is 0.407. The molecule has 41 heavy (non-hydrogen) atoms. The molecule has 0 saturated carbocycles. The lowest BCUT2D eigenvalue weighted by molar-refractivity contribution is 0.0369. The summed E-state index contributed by atoms with van der Waals surface area (Å²) < 4.78 is 39.8. The topological polar surface area (TPSA) is 101 Å². The molecular weight excluding hydrogens is 560 g/mol. The number of ether oxygens (including phenoxy) is 2. The molecule has 1 aromatic carbocycles. The molecule has 2 atom stereocenters. The molecule has 0 aliphatic carbocycles. The van der Waals surface area contributed by atoms with Crippen LogP contribution in [-0.4, -0.2) is 74.2 Å². The maximum absolute atomic E-state index is 11.9. The number of methoxy groups -OCH3 is 1. The van der Waals surface area contributed by atoms with Gasteiger partial charge in [0.25, 0.3) is 0 Å². The molecule has 0 radical (unpaired) electrons. The van der Waals surface area contributed by atoms with Gasteiger partial charge in [0.05, 0.1) is 50.0 Å². The predicted octanol–water partition coefficient (Wildman–Crippen LogP) is 3.78. The number of pyridine rings is 1. The van der Waals surface area contributed by atoms with Crippen LogP contribution in [0.3, 0.4) is 0 Å². The van der Waals surface area contributed by atoms with Gasteiger partial charge in [-0.05, 0) is 68.4 Å². The van der Waals surface area contributed by atoms with Gasteiger partial charge in [-0.2, -0.15) is 0 Å². The van der Waals surface area contributed by atoms with Gasteiger partial charge < -0.3 is 24.3 Å². The average molecular weight is 599 g/mol. The Morgan fingerprint density at radius 1 is 1.15 bits per heavy atom. The summed E-state index contributed by atoms with van der Waals surface area (Å²) in [5.41, 5.74) is 5.60. The lowest BCUT2D eigenvalue weighted by atomic mass is 9.96. The number of sulfonamides is 1. The SMILES string of the molecule is COc1cc(N2C(=S)N[C@H](c3ccccn3)[C@H]2c2cc(C)n(CCCN3CCOCC3)c2C)ccc1NS(C)(=O)=O. The first-order valence-corrected chi connectivity index (χ1v) is 16.1. The smallest absolute Gasteiger partial charge is 0.229 e. The molecule has 5 rings (SSSR count). The third-order valence-corrected chi connectivity index (χ3v) is 8.65. The van der Waals surface area contributed by atoms with Crippen LogP contribution >= 0.6 is 12.2 Å². The predicted molar refractivity (Wildman–Crippen MR) is 165 cm³/mol. The minimum absolute atomic E-state index is 0.185. The summed E-state index contributed by atoms with van der Waals surface area (Å²) in [4.78, 5) is 9.22. The highest BCUT2D eigenvalue weighted by Crippen LogP contribution is 2.44. The summed E-state index contributed by atoms with van der Waals surface area (Å²) >= 11 is 5.91. The van der Waals surface area contributed by atoms with E-state index in [1.54, 1.807) is 12.3 Å². The maximum Gasteiger partial charge on any atom is 0.229 e. The Kier molecular flexibility index (Phi) is 8.83. The molecule has 4 heterocycles. The van der Waals surface area contributed by atoms with Gasteiger partial charge in [-0.3, -0.25) is 14.6 Å². The molecule has 2 fully saturated rings. The molecule has 0 spiro atoms. The number of aryl methyl sites for hydroxylation is 1. The quantitative estimate of drug-likeness (QED) is 0.338. The van der Waals surface area contributed by atoms with Gasteiger partial charge in [0.1, 0.15) is 5.75 Å². The highest BCUT2D eigenvalue weighted by atomic mass is 32.2. The summed E-state index contributed by atoms with van der Waals surface area (Å²) in [6.07, 6.45) is 3.96. The van der Waals surface area contributed by atoms with Gasteiger partial charge in [0.15, 0.2) is 5.11 Å². The Bertz CT molecular complexity index is 1490. The van der Waals surface area contributed by atoms with E-state index in [1.807, 2.05) is 30.3 Å². The lowest BCUT2D eigenvalue weighted by Gasteiger charge is -2.29. The second kappa shape index (κ2) is 12.4. The molecule has 2 N–H and O–H groups in total. The van der Waals surface area contributed by atoms with E-state index in [-0.39, 0.29) is 12.1 Å². The Balaban J connectivity index is 1.50. The second-order valence-corrected chi connectivity index (χ2v) is 12.7. The molecule has 2 aliphatic heterocycles. The molecular formula is C29H38N6O4S2. The Labute approximate surface area is 247 Å². The molecule has 2 aromatic heterocycles. The summed E-state index contributed by atoms with van der Waals surface area (Å²) in [5, 5.41) is 4.08. The van der Waals surface area contributed by atoms with E-state index in [2.05, 4.69) is 49.3 Å². The molecule has 0 bridgehead atoms. The number of morpholine rings is 1. The molecule has 0 amide bonds. The van der Waals surface area contributed by atoms with Crippen molar-refractivity contribution in [2.45, 2.75) is 38.9 Å². The van der Waals surface area contributed by atoms with Crippen molar-refractivity contribution < 1.29 is 17.9 Å². The molecule has 0 unspecified atom stereocenters. The minimum atomic E-state index is -3.48. The van der Waals surface area contributed by atoms with Crippen molar-refractivity contribution in [3.05, 3.63) is 71.3 Å². The second-order valence-electron chi connectivity index (χ2n) is 10.5. The third kappa shape index (κ3) is 6.50. The zero-order chi connectivity index (χ0) is 29.1. The standard InChI is InChI=1S/C29H38N6O4S2/c1-20-18-23(21(2)34(20)13-7-12-33-14-16-39-17-15-33)28-27(25-8-5-6-11-30-25)31-29(40)35(28)22-9-10-24(26(19-22)38-3)32-41(4,36)37/h5-6,8-11,18-19,27-28,32H,7,12-17H2,1-4H3,(H,31,40)/t27-,28-/m1/s1. The monoisotopic (exact) mass is 598 g/mol. The summed E-state index contributed by atoms with van der Waals surface area (Å²) in [6, 6.07) is 13.2. The molecule has 220 valence electrons. The summed E-state index contributed by atoms with van der Waals surface area (Å²) in [7, 11) is -1.96. The van der Waals surface area contributed by atoms with E-state index in [4.69, 9.17) is 21.7 Å². The van der Waals surface area contributed by atoms with Crippen molar-refractivity contribution in [3.63, 3.8) is 0 Å². The van der Waals surface area contributed by atoms with Crippen molar-refractivity contribution in [1.82, 2.24) is 19.8 Å². The highest BCUT2D eigenvalue weighted by molar-refractivity contribution is 7.92. The number of rotatable bonds is 10. The minimum Gasteiger partial charge on any atom is -0.494 e. The van der Waals surface area contributed by atoms with Crippen LogP contribution in [0.4, 0.5) is 11.4 Å². The van der Waals surface area contributed by atoms with Crippen LogP contribution in [-0.2, 0) is 21.3 Å². The molecule has 2 aliphatic rings. The van der Waals surface area contributed by atoms with Crippen molar-refractivity contribution in [1.29, 1.82) is 0 Å². The Hall–Kier alpha value is -3.19. The van der Waals surface area contributed by atoms with E-state index in [1.165, 1.54) is 18.5 Å². The fourth-order valence-corrected chi connectivity index (χ4v) is 6.73. The van der Waals surface area contributed by atoms with Crippen molar-refractivity contribution in [2.24, 2.45) is 0 Å². The maximum atomic E-state index is 11.9. The van der Waals surface area contributed by atoms with Crippen molar-refractivity contribution >= 4 is 38.7 Å². The van der Waals surface area contributed by atoms with E-state index < -0.39 is 10.0 Å². The van der Waals surface area contributed by atoms with Crippen molar-refractivity contribution in [3.8, 4) is 5.75 Å². The van der Waals surface area contributed by atoms with Gasteiger partial charge in [0.2, 0.25) is 10.0 Å². The van der Waals surface area contributed by atoms with Crippen LogP contribution in [0.25, 0.3) is 0 Å². The number of thiocarbonyl (C=S) groups is 1. The van der Waals surface area contributed by atoms with Crippen LogP contribution in [0.15, 0.2) is 48.7 Å². The Morgan fingerprint density at radius 2 is 1.93 bits per heavy atom. The first-order chi connectivity index (χ1) is 19.7. The van der Waals surface area contributed by atoms with Crippen LogP contribution in [0.5, 0.6) is 5.75 Å². The van der Waals surface area contributed by atoms with Gasteiger partial charge >= 0.3 is 0 Å². The highest BCUT2D eigenvalue weighted by Gasteiger charge is 2.42. The van der Waals surface area contributed by atoms with Gasteiger partial charge in [-0.25, -0.2) is 8.42 Å². The zero-order valence-corrected chi connectivity index (χ0v) is 25.6. The zero-order valence-electron chi connectivity index (χ0n) is 24.0. The lowest BCUT2D eigenvalue weighted by Crippen LogP contribution is -2.37. The van der Waals surface area contributed by atoms with E-state index in [9.17, 15) is 8.42 Å². The van der Waals surface area contributed by atoms with Gasteiger partial charge in [-0.1, -0.05) is 6.07 Å². The fraction of sp³-hybridized carbons (Fsp3) is 0.448. The molecule has 12 heteroatoms. The average Bonchev–Trinajstić information content (AvgIpc) is 3.44. The van der Waals surface area contributed by atoms with Crippen LogP contribution < -0.4 is 19.7 Å². The third-order valence-electron chi connectivity index (χ3n) is 7.75. The first kappa shape index (κ1) is 29.3. The number of anilines is 2. The number of benzene rings is 1. The number of hydrogen-bond acceptors (Lipinski definition) is 7. The van der Waals surface area contributed by atoms with E-state index >= 15 is 0 Å². The first-order valence-electron chi connectivity index (χ1n) is 13.8. The molecule has 2 saturated heterocycles. The normalized spacial score (nSPS) is 19.8. The van der Waals surface area contributed by atoms with Crippen LogP contribution in [0, 0.1) is 13.8 Å². The number of aromatic nitrogens is 2.